The van der Waals surface area contributed by atoms with Crippen molar-refractivity contribution in [3.05, 3.63) is 53.7 Å². The van der Waals surface area contributed by atoms with Gasteiger partial charge < -0.3 is 15.2 Å². The molecule has 0 bridgehead atoms. The van der Waals surface area contributed by atoms with Crippen molar-refractivity contribution in [3.8, 4) is 11.6 Å². The van der Waals surface area contributed by atoms with Crippen LogP contribution in [0.1, 0.15) is 24.6 Å². The van der Waals surface area contributed by atoms with E-state index in [2.05, 4.69) is 17.1 Å². The van der Waals surface area contributed by atoms with Crippen molar-refractivity contribution in [1.82, 2.24) is 4.98 Å². The van der Waals surface area contributed by atoms with E-state index in [4.69, 9.17) is 15.2 Å². The van der Waals surface area contributed by atoms with Gasteiger partial charge in [0, 0.05) is 12.1 Å². The van der Waals surface area contributed by atoms with Crippen LogP contribution in [0.25, 0.3) is 0 Å². The SMILES string of the molecule is COc1cccc(COc2ccc(CCC(C)N)cc2)n1. The fourth-order valence-electron chi connectivity index (χ4n) is 1.96. The summed E-state index contributed by atoms with van der Waals surface area (Å²) in [6, 6.07) is 14.0. The van der Waals surface area contributed by atoms with Gasteiger partial charge in [0.2, 0.25) is 5.88 Å². The fourth-order valence-corrected chi connectivity index (χ4v) is 1.96. The van der Waals surface area contributed by atoms with Crippen molar-refractivity contribution in [2.24, 2.45) is 5.73 Å². The highest BCUT2D eigenvalue weighted by Crippen LogP contribution is 2.16. The second-order valence-electron chi connectivity index (χ2n) is 5.12. The van der Waals surface area contributed by atoms with Gasteiger partial charge in [0.25, 0.3) is 0 Å². The molecule has 0 aliphatic rings. The van der Waals surface area contributed by atoms with E-state index in [9.17, 15) is 0 Å². The maximum atomic E-state index is 5.76. The summed E-state index contributed by atoms with van der Waals surface area (Å²) in [6.45, 7) is 2.45. The molecule has 0 fully saturated rings. The largest absolute Gasteiger partial charge is 0.487 e. The molecule has 1 aromatic carbocycles. The van der Waals surface area contributed by atoms with Gasteiger partial charge in [-0.1, -0.05) is 18.2 Å². The molecule has 2 aromatic rings. The average molecular weight is 286 g/mol. The number of aromatic nitrogens is 1. The zero-order valence-electron chi connectivity index (χ0n) is 12.6. The monoisotopic (exact) mass is 286 g/mol. The second-order valence-corrected chi connectivity index (χ2v) is 5.12. The number of benzene rings is 1. The quantitative estimate of drug-likeness (QED) is 0.850. The van der Waals surface area contributed by atoms with Gasteiger partial charge in [0.15, 0.2) is 0 Å². The van der Waals surface area contributed by atoms with Crippen molar-refractivity contribution >= 4 is 0 Å². The van der Waals surface area contributed by atoms with Gasteiger partial charge >= 0.3 is 0 Å². The molecule has 1 unspecified atom stereocenters. The predicted molar refractivity (Wildman–Crippen MR) is 83.5 cm³/mol. The minimum absolute atomic E-state index is 0.236. The van der Waals surface area contributed by atoms with Gasteiger partial charge in [-0.2, -0.15) is 0 Å². The first-order chi connectivity index (χ1) is 10.2. The Kier molecular flexibility index (Phi) is 5.58. The molecule has 21 heavy (non-hydrogen) atoms. The van der Waals surface area contributed by atoms with Crippen LogP contribution in [-0.2, 0) is 13.0 Å². The van der Waals surface area contributed by atoms with Crippen molar-refractivity contribution in [3.63, 3.8) is 0 Å². The standard InChI is InChI=1S/C17H22N2O2/c1-13(18)6-7-14-8-10-16(11-9-14)21-12-15-4-3-5-17(19-15)20-2/h3-5,8-11,13H,6-7,12,18H2,1-2H3. The predicted octanol–water partition coefficient (Wildman–Crippen LogP) is 2.95. The number of hydrogen-bond acceptors (Lipinski definition) is 4. The Morgan fingerprint density at radius 3 is 2.57 bits per heavy atom. The molecule has 1 heterocycles. The summed E-state index contributed by atoms with van der Waals surface area (Å²) in [4.78, 5) is 4.31. The van der Waals surface area contributed by atoms with Crippen molar-refractivity contribution in [1.29, 1.82) is 0 Å². The van der Waals surface area contributed by atoms with Crippen LogP contribution >= 0.6 is 0 Å². The number of rotatable bonds is 7. The summed E-state index contributed by atoms with van der Waals surface area (Å²) < 4.78 is 10.8. The zero-order chi connectivity index (χ0) is 15.1. The van der Waals surface area contributed by atoms with Crippen LogP contribution in [0.5, 0.6) is 11.6 Å². The van der Waals surface area contributed by atoms with Crippen LogP contribution in [0.2, 0.25) is 0 Å². The molecular weight excluding hydrogens is 264 g/mol. The molecule has 1 aromatic heterocycles. The van der Waals surface area contributed by atoms with E-state index >= 15 is 0 Å². The highest BCUT2D eigenvalue weighted by Gasteiger charge is 2.01. The first-order valence-electron chi connectivity index (χ1n) is 7.14. The molecule has 0 aliphatic heterocycles. The van der Waals surface area contributed by atoms with E-state index in [-0.39, 0.29) is 6.04 Å². The molecule has 2 N–H and O–H groups in total. The minimum Gasteiger partial charge on any atom is -0.487 e. The summed E-state index contributed by atoms with van der Waals surface area (Å²) >= 11 is 0. The van der Waals surface area contributed by atoms with Crippen LogP contribution in [0.15, 0.2) is 42.5 Å². The van der Waals surface area contributed by atoms with Gasteiger partial charge in [0.1, 0.15) is 12.4 Å². The molecule has 0 saturated heterocycles. The van der Waals surface area contributed by atoms with Crippen LogP contribution in [-0.4, -0.2) is 18.1 Å². The number of pyridine rings is 1. The molecule has 4 nitrogen and oxygen atoms in total. The average Bonchev–Trinajstić information content (AvgIpc) is 2.52. The number of nitrogens with zero attached hydrogens (tertiary/aromatic N) is 1. The Hall–Kier alpha value is -2.07. The molecule has 112 valence electrons. The number of methoxy groups -OCH3 is 1. The third kappa shape index (κ3) is 5.08. The smallest absolute Gasteiger partial charge is 0.213 e. The maximum absolute atomic E-state index is 5.76. The number of aryl methyl sites for hydroxylation is 1. The van der Waals surface area contributed by atoms with Crippen molar-refractivity contribution in [2.45, 2.75) is 32.4 Å². The van der Waals surface area contributed by atoms with E-state index in [1.54, 1.807) is 7.11 Å². The molecule has 2 rings (SSSR count). The van der Waals surface area contributed by atoms with Gasteiger partial charge in [-0.15, -0.1) is 0 Å². The molecule has 0 aliphatic carbocycles. The van der Waals surface area contributed by atoms with Gasteiger partial charge in [0.05, 0.1) is 12.8 Å². The Labute approximate surface area is 125 Å². The van der Waals surface area contributed by atoms with Gasteiger partial charge in [-0.3, -0.25) is 0 Å². The Bertz CT molecular complexity index is 553. The lowest BCUT2D eigenvalue weighted by Crippen LogP contribution is -2.15. The zero-order valence-corrected chi connectivity index (χ0v) is 12.6. The molecule has 0 spiro atoms. The van der Waals surface area contributed by atoms with Crippen LogP contribution in [0, 0.1) is 0 Å². The van der Waals surface area contributed by atoms with Gasteiger partial charge in [-0.25, -0.2) is 4.98 Å². The normalized spacial score (nSPS) is 12.0. The summed E-state index contributed by atoms with van der Waals surface area (Å²) in [5, 5.41) is 0. The Morgan fingerprint density at radius 2 is 1.90 bits per heavy atom. The molecular formula is C17H22N2O2. The second kappa shape index (κ2) is 7.64. The van der Waals surface area contributed by atoms with E-state index in [0.717, 1.165) is 24.3 Å². The van der Waals surface area contributed by atoms with Gasteiger partial charge in [-0.05, 0) is 43.5 Å². The van der Waals surface area contributed by atoms with Crippen LogP contribution in [0.3, 0.4) is 0 Å². The maximum Gasteiger partial charge on any atom is 0.213 e. The summed E-state index contributed by atoms with van der Waals surface area (Å²) in [7, 11) is 1.61. The summed E-state index contributed by atoms with van der Waals surface area (Å²) in [5.74, 6) is 1.44. The minimum atomic E-state index is 0.236. The number of hydrogen-bond donors (Lipinski definition) is 1. The van der Waals surface area contributed by atoms with E-state index in [1.807, 2.05) is 37.3 Å². The van der Waals surface area contributed by atoms with E-state index in [0.29, 0.717) is 12.5 Å². The first-order valence-corrected chi connectivity index (χ1v) is 7.14. The highest BCUT2D eigenvalue weighted by atomic mass is 16.5. The van der Waals surface area contributed by atoms with Crippen LogP contribution in [0.4, 0.5) is 0 Å². The van der Waals surface area contributed by atoms with E-state index < -0.39 is 0 Å². The summed E-state index contributed by atoms with van der Waals surface area (Å²) in [6.07, 6.45) is 1.99. The topological polar surface area (TPSA) is 57.4 Å². The third-order valence-electron chi connectivity index (χ3n) is 3.19. The molecule has 0 saturated carbocycles. The molecule has 0 amide bonds. The van der Waals surface area contributed by atoms with Crippen molar-refractivity contribution < 1.29 is 9.47 Å². The Balaban J connectivity index is 1.88. The lowest BCUT2D eigenvalue weighted by Gasteiger charge is -2.08. The first kappa shape index (κ1) is 15.3. The third-order valence-corrected chi connectivity index (χ3v) is 3.19. The molecule has 0 radical (unpaired) electrons. The lowest BCUT2D eigenvalue weighted by molar-refractivity contribution is 0.298. The van der Waals surface area contributed by atoms with E-state index in [1.165, 1.54) is 5.56 Å². The van der Waals surface area contributed by atoms with Crippen molar-refractivity contribution in [2.75, 3.05) is 7.11 Å². The van der Waals surface area contributed by atoms with Crippen LogP contribution < -0.4 is 15.2 Å². The number of ether oxygens (including phenoxy) is 2. The fraction of sp³-hybridized carbons (Fsp3) is 0.353. The molecule has 4 heteroatoms. The molecule has 1 atom stereocenters. The number of nitrogens with two attached hydrogens (primary N) is 1. The highest BCUT2D eigenvalue weighted by molar-refractivity contribution is 5.27. The lowest BCUT2D eigenvalue weighted by atomic mass is 10.1. The Morgan fingerprint density at radius 1 is 1.14 bits per heavy atom. The summed E-state index contributed by atoms with van der Waals surface area (Å²) in [5.41, 5.74) is 7.88.